The first kappa shape index (κ1) is 24.2. The predicted octanol–water partition coefficient (Wildman–Crippen LogP) is 5.57. The molecule has 1 aliphatic rings. The Morgan fingerprint density at radius 3 is 2.46 bits per heavy atom. The van der Waals surface area contributed by atoms with Gasteiger partial charge in [0, 0.05) is 5.69 Å². The lowest BCUT2D eigenvalue weighted by molar-refractivity contribution is -0.114. The molecular weight excluding hydrogens is 465 g/mol. The van der Waals surface area contributed by atoms with Gasteiger partial charge in [0.25, 0.3) is 5.91 Å². The Hall–Kier alpha value is -3.91. The number of aliphatic imine (C=N–C) groups is 1. The van der Waals surface area contributed by atoms with Gasteiger partial charge in [0.15, 0.2) is 5.17 Å². The van der Waals surface area contributed by atoms with Crippen molar-refractivity contribution in [3.05, 3.63) is 94.9 Å². The summed E-state index contributed by atoms with van der Waals surface area (Å²) < 4.78 is 18.6. The topological polar surface area (TPSA) is 71.0 Å². The molecule has 0 aromatic heterocycles. The van der Waals surface area contributed by atoms with Crippen molar-refractivity contribution in [2.45, 2.75) is 13.8 Å². The summed E-state index contributed by atoms with van der Waals surface area (Å²) in [6, 6.07) is 18.8. The number of ether oxygens (including phenoxy) is 1. The summed E-state index contributed by atoms with van der Waals surface area (Å²) in [6.45, 7) is 3.92. The monoisotopic (exact) mass is 489 g/mol. The molecule has 4 rings (SSSR count). The highest BCUT2D eigenvalue weighted by molar-refractivity contribution is 8.14. The minimum absolute atomic E-state index is 0.000258. The number of amidine groups is 1. The van der Waals surface area contributed by atoms with Crippen LogP contribution in [-0.2, 0) is 9.59 Å². The molecule has 178 valence electrons. The number of carbonyl (C=O) groups is 2. The number of benzene rings is 3. The molecule has 0 fully saturated rings. The van der Waals surface area contributed by atoms with Crippen molar-refractivity contribution in [3.8, 4) is 5.75 Å². The van der Waals surface area contributed by atoms with Crippen LogP contribution in [-0.4, -0.2) is 29.8 Å². The van der Waals surface area contributed by atoms with Crippen molar-refractivity contribution in [1.29, 1.82) is 0 Å². The lowest BCUT2D eigenvalue weighted by Crippen LogP contribution is -2.31. The van der Waals surface area contributed by atoms with Crippen LogP contribution in [0.4, 0.5) is 15.8 Å². The normalized spacial score (nSPS) is 14.3. The highest BCUT2D eigenvalue weighted by Gasteiger charge is 2.32. The Bertz CT molecular complexity index is 1320. The molecule has 0 saturated carbocycles. The van der Waals surface area contributed by atoms with Gasteiger partial charge in [0.2, 0.25) is 5.91 Å². The molecule has 0 radical (unpaired) electrons. The van der Waals surface area contributed by atoms with E-state index < -0.39 is 5.82 Å². The third-order valence-corrected chi connectivity index (χ3v) is 6.09. The first-order chi connectivity index (χ1) is 16.8. The Morgan fingerprint density at radius 2 is 1.80 bits per heavy atom. The maximum atomic E-state index is 13.4. The first-order valence-corrected chi connectivity index (χ1v) is 11.9. The summed E-state index contributed by atoms with van der Waals surface area (Å²) in [4.78, 5) is 32.0. The first-order valence-electron chi connectivity index (χ1n) is 10.9. The molecule has 6 nitrogen and oxygen atoms in total. The summed E-state index contributed by atoms with van der Waals surface area (Å²) in [6.07, 6.45) is 1.71. The molecule has 1 N–H and O–H groups in total. The number of thioether (sulfide) groups is 1. The summed E-state index contributed by atoms with van der Waals surface area (Å²) in [5, 5.41) is 3.07. The quantitative estimate of drug-likeness (QED) is 0.460. The molecule has 0 bridgehead atoms. The number of amides is 2. The predicted molar refractivity (Wildman–Crippen MR) is 139 cm³/mol. The number of hydrogen-bond donors (Lipinski definition) is 1. The number of nitrogens with one attached hydrogen (secondary N) is 1. The summed E-state index contributed by atoms with van der Waals surface area (Å²) >= 11 is 1.14. The maximum absolute atomic E-state index is 13.4. The Morgan fingerprint density at radius 1 is 1.09 bits per heavy atom. The molecule has 35 heavy (non-hydrogen) atoms. The van der Waals surface area contributed by atoms with E-state index in [0.717, 1.165) is 28.5 Å². The van der Waals surface area contributed by atoms with E-state index in [9.17, 15) is 14.0 Å². The number of hydrogen-bond acceptors (Lipinski definition) is 5. The molecule has 3 aromatic carbocycles. The molecule has 1 heterocycles. The second-order valence-corrected chi connectivity index (χ2v) is 8.97. The zero-order chi connectivity index (χ0) is 24.9. The van der Waals surface area contributed by atoms with Crippen molar-refractivity contribution in [3.63, 3.8) is 0 Å². The second kappa shape index (κ2) is 10.6. The Balaban J connectivity index is 1.60. The van der Waals surface area contributed by atoms with Crippen molar-refractivity contribution >= 4 is 46.2 Å². The number of carbonyl (C=O) groups excluding carboxylic acids is 2. The van der Waals surface area contributed by atoms with E-state index in [2.05, 4.69) is 10.3 Å². The van der Waals surface area contributed by atoms with Crippen LogP contribution in [0.3, 0.4) is 0 Å². The second-order valence-electron chi connectivity index (χ2n) is 8.03. The highest BCUT2D eigenvalue weighted by atomic mass is 32.2. The third-order valence-electron chi connectivity index (χ3n) is 5.15. The molecule has 2 amide bonds. The van der Waals surface area contributed by atoms with E-state index in [-0.39, 0.29) is 23.3 Å². The Kier molecular flexibility index (Phi) is 7.31. The number of rotatable bonds is 6. The van der Waals surface area contributed by atoms with Gasteiger partial charge in [0.1, 0.15) is 17.3 Å². The van der Waals surface area contributed by atoms with Gasteiger partial charge in [-0.15, -0.1) is 0 Å². The molecule has 0 spiro atoms. The van der Waals surface area contributed by atoms with Crippen LogP contribution < -0.4 is 15.0 Å². The summed E-state index contributed by atoms with van der Waals surface area (Å²) in [7, 11) is 1.59. The van der Waals surface area contributed by atoms with Crippen molar-refractivity contribution in [2.75, 3.05) is 23.1 Å². The van der Waals surface area contributed by atoms with Crippen LogP contribution in [0.1, 0.15) is 16.7 Å². The van der Waals surface area contributed by atoms with E-state index in [0.29, 0.717) is 22.3 Å². The lowest BCUT2D eigenvalue weighted by atomic mass is 10.1. The molecule has 1 aliphatic heterocycles. The average Bonchev–Trinajstić information content (AvgIpc) is 3.12. The van der Waals surface area contributed by atoms with Crippen molar-refractivity contribution < 1.29 is 18.7 Å². The molecular formula is C27H24FN3O3S. The fourth-order valence-corrected chi connectivity index (χ4v) is 4.46. The number of halogens is 1. The molecule has 8 heteroatoms. The van der Waals surface area contributed by atoms with Gasteiger partial charge >= 0.3 is 0 Å². The van der Waals surface area contributed by atoms with E-state index in [1.165, 1.54) is 23.1 Å². The zero-order valence-electron chi connectivity index (χ0n) is 19.5. The molecule has 0 unspecified atom stereocenters. The van der Waals surface area contributed by atoms with Gasteiger partial charge in [-0.1, -0.05) is 36.0 Å². The van der Waals surface area contributed by atoms with Crippen LogP contribution in [0.5, 0.6) is 5.75 Å². The largest absolute Gasteiger partial charge is 0.497 e. The van der Waals surface area contributed by atoms with Crippen LogP contribution in [0.15, 0.2) is 77.4 Å². The zero-order valence-corrected chi connectivity index (χ0v) is 20.4. The van der Waals surface area contributed by atoms with Gasteiger partial charge in [-0.05, 0) is 79.1 Å². The minimum Gasteiger partial charge on any atom is -0.497 e. The van der Waals surface area contributed by atoms with Gasteiger partial charge in [-0.25, -0.2) is 9.38 Å². The van der Waals surface area contributed by atoms with Crippen LogP contribution in [0.2, 0.25) is 0 Å². The maximum Gasteiger partial charge on any atom is 0.283 e. The fraction of sp³-hybridized carbons (Fsp3) is 0.148. The van der Waals surface area contributed by atoms with Gasteiger partial charge < -0.3 is 10.1 Å². The lowest BCUT2D eigenvalue weighted by Gasteiger charge is -2.19. The number of anilines is 2. The number of aryl methyl sites for hydroxylation is 2. The van der Waals surface area contributed by atoms with E-state index in [1.54, 1.807) is 19.3 Å². The van der Waals surface area contributed by atoms with Gasteiger partial charge in [-0.2, -0.15) is 0 Å². The van der Waals surface area contributed by atoms with Crippen LogP contribution >= 0.6 is 11.8 Å². The van der Waals surface area contributed by atoms with Crippen molar-refractivity contribution in [2.24, 2.45) is 4.99 Å². The number of methoxy groups -OCH3 is 1. The van der Waals surface area contributed by atoms with E-state index >= 15 is 0 Å². The molecule has 0 saturated heterocycles. The smallest absolute Gasteiger partial charge is 0.283 e. The van der Waals surface area contributed by atoms with Gasteiger partial charge in [-0.3, -0.25) is 14.5 Å². The molecule has 0 aliphatic carbocycles. The van der Waals surface area contributed by atoms with Crippen LogP contribution in [0.25, 0.3) is 6.08 Å². The molecule has 3 aromatic rings. The van der Waals surface area contributed by atoms with Gasteiger partial charge in [0.05, 0.1) is 18.6 Å². The van der Waals surface area contributed by atoms with Crippen molar-refractivity contribution in [1.82, 2.24) is 0 Å². The third kappa shape index (κ3) is 5.96. The highest BCUT2D eigenvalue weighted by Crippen LogP contribution is 2.31. The number of nitrogens with zero attached hydrogens (tertiary/aromatic N) is 2. The SMILES string of the molecule is COc1ccc(C=C2N=C(SCC(=O)Nc3cccc(F)c3)N(c3cc(C)cc(C)c3)C2=O)cc1. The summed E-state index contributed by atoms with van der Waals surface area (Å²) in [5.74, 6) is -0.330. The minimum atomic E-state index is -0.435. The van der Waals surface area contributed by atoms with Crippen LogP contribution in [0, 0.1) is 19.7 Å². The van der Waals surface area contributed by atoms with E-state index in [4.69, 9.17) is 4.74 Å². The average molecular weight is 490 g/mol. The summed E-state index contributed by atoms with van der Waals surface area (Å²) in [5.41, 5.74) is 4.13. The van der Waals surface area contributed by atoms with E-state index in [1.807, 2.05) is 56.3 Å². The Labute approximate surface area is 207 Å². The molecule has 0 atom stereocenters. The fourth-order valence-electron chi connectivity index (χ4n) is 3.65. The standard InChI is InChI=1S/C27H24FN3O3S/c1-17-11-18(2)13-22(12-17)31-26(33)24(14-19-7-9-23(34-3)10-8-19)30-27(31)35-16-25(32)29-21-6-4-5-20(28)15-21/h4-15H,16H2,1-3H3,(H,29,32).